The van der Waals surface area contributed by atoms with Gasteiger partial charge in [-0.25, -0.2) is 0 Å². The number of aliphatic hydroxyl groups excluding tert-OH is 1. The van der Waals surface area contributed by atoms with Gasteiger partial charge in [-0.2, -0.15) is 5.26 Å². The average molecular weight is 238 g/mol. The SMILES string of the molecule is C/C(C#N)=C(/O)c1ccc(Br)cc1. The quantitative estimate of drug-likeness (QED) is 0.602. The molecule has 3 heteroatoms. The number of halogens is 1. The zero-order chi connectivity index (χ0) is 9.84. The van der Waals surface area contributed by atoms with E-state index in [9.17, 15) is 5.11 Å². The van der Waals surface area contributed by atoms with Gasteiger partial charge in [-0.3, -0.25) is 0 Å². The van der Waals surface area contributed by atoms with Crippen LogP contribution in [0.4, 0.5) is 0 Å². The molecule has 0 heterocycles. The number of rotatable bonds is 1. The van der Waals surface area contributed by atoms with Gasteiger partial charge in [0.1, 0.15) is 5.76 Å². The monoisotopic (exact) mass is 237 g/mol. The number of allylic oxidation sites excluding steroid dienone is 1. The Morgan fingerprint density at radius 2 is 1.92 bits per heavy atom. The van der Waals surface area contributed by atoms with Crippen molar-refractivity contribution in [2.75, 3.05) is 0 Å². The molecule has 0 spiro atoms. The minimum absolute atomic E-state index is 0.0370. The maximum absolute atomic E-state index is 9.52. The number of benzene rings is 1. The van der Waals surface area contributed by atoms with Crippen LogP contribution in [0.2, 0.25) is 0 Å². The first kappa shape index (κ1) is 9.82. The molecule has 66 valence electrons. The lowest BCUT2D eigenvalue weighted by molar-refractivity contribution is 0.508. The minimum Gasteiger partial charge on any atom is -0.506 e. The molecule has 0 aliphatic rings. The van der Waals surface area contributed by atoms with Gasteiger partial charge in [0.15, 0.2) is 0 Å². The van der Waals surface area contributed by atoms with Crippen molar-refractivity contribution in [2.45, 2.75) is 6.92 Å². The molecule has 0 unspecified atom stereocenters. The van der Waals surface area contributed by atoms with E-state index in [1.807, 2.05) is 18.2 Å². The summed E-state index contributed by atoms with van der Waals surface area (Å²) in [7, 11) is 0. The summed E-state index contributed by atoms with van der Waals surface area (Å²) in [6, 6.07) is 9.03. The molecule has 0 aromatic heterocycles. The summed E-state index contributed by atoms with van der Waals surface area (Å²) >= 11 is 3.29. The Morgan fingerprint density at radius 3 is 2.38 bits per heavy atom. The van der Waals surface area contributed by atoms with Gasteiger partial charge in [0.25, 0.3) is 0 Å². The van der Waals surface area contributed by atoms with Crippen LogP contribution < -0.4 is 0 Å². The van der Waals surface area contributed by atoms with Crippen molar-refractivity contribution >= 4 is 21.7 Å². The van der Waals surface area contributed by atoms with Crippen LogP contribution in [0.5, 0.6) is 0 Å². The van der Waals surface area contributed by atoms with E-state index in [0.717, 1.165) is 4.47 Å². The fourth-order valence-electron chi connectivity index (χ4n) is 0.877. The van der Waals surface area contributed by atoms with E-state index in [1.165, 1.54) is 0 Å². The number of hydrogen-bond acceptors (Lipinski definition) is 2. The highest BCUT2D eigenvalue weighted by Gasteiger charge is 2.02. The lowest BCUT2D eigenvalue weighted by Crippen LogP contribution is -1.85. The molecular weight excluding hydrogens is 230 g/mol. The second kappa shape index (κ2) is 4.11. The first-order chi connectivity index (χ1) is 6.15. The van der Waals surface area contributed by atoms with Gasteiger partial charge in [0.05, 0.1) is 11.6 Å². The van der Waals surface area contributed by atoms with Gasteiger partial charge in [-0.1, -0.05) is 28.1 Å². The molecule has 1 N–H and O–H groups in total. The van der Waals surface area contributed by atoms with Crippen LogP contribution in [0.25, 0.3) is 5.76 Å². The molecule has 1 rings (SSSR count). The Morgan fingerprint density at radius 1 is 1.38 bits per heavy atom. The summed E-state index contributed by atoms with van der Waals surface area (Å²) in [6.45, 7) is 1.58. The van der Waals surface area contributed by atoms with E-state index in [2.05, 4.69) is 15.9 Å². The fourth-order valence-corrected chi connectivity index (χ4v) is 1.14. The third-order valence-corrected chi connectivity index (χ3v) is 2.17. The zero-order valence-electron chi connectivity index (χ0n) is 7.08. The molecule has 0 bridgehead atoms. The number of hydrogen-bond donors (Lipinski definition) is 1. The Bertz CT molecular complexity index is 373. The molecule has 0 aliphatic heterocycles. The third-order valence-electron chi connectivity index (χ3n) is 1.64. The van der Waals surface area contributed by atoms with Gasteiger partial charge in [0.2, 0.25) is 0 Å². The van der Waals surface area contributed by atoms with Crippen LogP contribution in [0.15, 0.2) is 34.3 Å². The second-order valence-corrected chi connectivity index (χ2v) is 3.51. The molecule has 0 atom stereocenters. The summed E-state index contributed by atoms with van der Waals surface area (Å²) < 4.78 is 0.943. The van der Waals surface area contributed by atoms with E-state index in [-0.39, 0.29) is 5.76 Å². The molecule has 0 aliphatic carbocycles. The number of aliphatic hydroxyl groups is 1. The van der Waals surface area contributed by atoms with Crippen molar-refractivity contribution in [2.24, 2.45) is 0 Å². The topological polar surface area (TPSA) is 44.0 Å². The average Bonchev–Trinajstić information content (AvgIpc) is 2.17. The van der Waals surface area contributed by atoms with Gasteiger partial charge >= 0.3 is 0 Å². The molecule has 0 saturated heterocycles. The van der Waals surface area contributed by atoms with Crippen LogP contribution in [0.1, 0.15) is 12.5 Å². The molecule has 0 radical (unpaired) electrons. The van der Waals surface area contributed by atoms with Crippen LogP contribution in [0, 0.1) is 11.3 Å². The fraction of sp³-hybridized carbons (Fsp3) is 0.100. The molecule has 2 nitrogen and oxygen atoms in total. The van der Waals surface area contributed by atoms with Crippen LogP contribution in [-0.2, 0) is 0 Å². The molecule has 13 heavy (non-hydrogen) atoms. The first-order valence-corrected chi connectivity index (χ1v) is 4.50. The molecule has 1 aromatic carbocycles. The molecule has 0 saturated carbocycles. The number of nitrogens with zero attached hydrogens (tertiary/aromatic N) is 1. The predicted octanol–water partition coefficient (Wildman–Crippen LogP) is 3.26. The van der Waals surface area contributed by atoms with Crippen molar-refractivity contribution in [1.29, 1.82) is 5.26 Å². The third kappa shape index (κ3) is 2.33. The van der Waals surface area contributed by atoms with Crippen molar-refractivity contribution in [3.63, 3.8) is 0 Å². The Hall–Kier alpha value is -1.27. The molecule has 0 amide bonds. The lowest BCUT2D eigenvalue weighted by Gasteiger charge is -2.00. The predicted molar refractivity (Wildman–Crippen MR) is 55.0 cm³/mol. The van der Waals surface area contributed by atoms with Crippen molar-refractivity contribution in [3.05, 3.63) is 39.9 Å². The molecule has 0 fully saturated rings. The van der Waals surface area contributed by atoms with Gasteiger partial charge < -0.3 is 5.11 Å². The maximum atomic E-state index is 9.52. The Labute approximate surface area is 85.3 Å². The zero-order valence-corrected chi connectivity index (χ0v) is 8.67. The van der Waals surface area contributed by atoms with Crippen molar-refractivity contribution in [3.8, 4) is 6.07 Å². The highest BCUT2D eigenvalue weighted by Crippen LogP contribution is 2.18. The Balaban J connectivity index is 3.12. The normalized spacial score (nSPS) is 11.8. The van der Waals surface area contributed by atoms with Crippen LogP contribution >= 0.6 is 15.9 Å². The maximum Gasteiger partial charge on any atom is 0.136 e. The second-order valence-electron chi connectivity index (χ2n) is 2.59. The Kier molecular flexibility index (Phi) is 3.10. The van der Waals surface area contributed by atoms with Crippen LogP contribution in [0.3, 0.4) is 0 Å². The summed E-state index contributed by atoms with van der Waals surface area (Å²) in [4.78, 5) is 0. The minimum atomic E-state index is 0.0370. The lowest BCUT2D eigenvalue weighted by atomic mass is 10.1. The van der Waals surface area contributed by atoms with Gasteiger partial charge in [-0.05, 0) is 19.1 Å². The summed E-state index contributed by atoms with van der Waals surface area (Å²) in [5.41, 5.74) is 0.976. The van der Waals surface area contributed by atoms with Crippen molar-refractivity contribution in [1.82, 2.24) is 0 Å². The first-order valence-electron chi connectivity index (χ1n) is 3.71. The highest BCUT2D eigenvalue weighted by atomic mass is 79.9. The largest absolute Gasteiger partial charge is 0.506 e. The van der Waals surface area contributed by atoms with E-state index in [0.29, 0.717) is 11.1 Å². The van der Waals surface area contributed by atoms with Crippen molar-refractivity contribution < 1.29 is 5.11 Å². The van der Waals surface area contributed by atoms with Gasteiger partial charge in [-0.15, -0.1) is 0 Å². The summed E-state index contributed by atoms with van der Waals surface area (Å²) in [5, 5.41) is 18.1. The van der Waals surface area contributed by atoms with Gasteiger partial charge in [0, 0.05) is 10.0 Å². The molecule has 1 aromatic rings. The smallest absolute Gasteiger partial charge is 0.136 e. The summed E-state index contributed by atoms with van der Waals surface area (Å²) in [5.74, 6) is 0.0370. The van der Waals surface area contributed by atoms with E-state index < -0.39 is 0 Å². The summed E-state index contributed by atoms with van der Waals surface area (Å²) in [6.07, 6.45) is 0. The standard InChI is InChI=1S/C10H8BrNO/c1-7(6-12)10(13)8-2-4-9(11)5-3-8/h2-5,13H,1H3/b10-7-. The number of nitriles is 1. The van der Waals surface area contributed by atoms with E-state index in [1.54, 1.807) is 19.1 Å². The van der Waals surface area contributed by atoms with E-state index in [4.69, 9.17) is 5.26 Å². The van der Waals surface area contributed by atoms with Crippen LogP contribution in [-0.4, -0.2) is 5.11 Å². The molecular formula is C10H8BrNO. The highest BCUT2D eigenvalue weighted by molar-refractivity contribution is 9.10. The van der Waals surface area contributed by atoms with E-state index >= 15 is 0 Å².